The molecule has 0 fully saturated rings. The van der Waals surface area contributed by atoms with E-state index < -0.39 is 17.7 Å². The van der Waals surface area contributed by atoms with E-state index in [1.165, 1.54) is 0 Å². The summed E-state index contributed by atoms with van der Waals surface area (Å²) in [5.74, 6) is -1.34. The van der Waals surface area contributed by atoms with Crippen LogP contribution in [0.4, 0.5) is 25.0 Å². The van der Waals surface area contributed by atoms with E-state index >= 15 is 0 Å². The highest BCUT2D eigenvalue weighted by atomic mass is 19.1. The number of hydrogen-bond donors (Lipinski definition) is 3. The van der Waals surface area contributed by atoms with Gasteiger partial charge in [0.15, 0.2) is 0 Å². The van der Waals surface area contributed by atoms with Crippen molar-refractivity contribution in [2.24, 2.45) is 0 Å². The number of amides is 2. The minimum Gasteiger partial charge on any atom is -0.355 e. The number of aromatic nitrogens is 1. The van der Waals surface area contributed by atoms with Gasteiger partial charge in [-0.05, 0) is 36.4 Å². The van der Waals surface area contributed by atoms with E-state index in [0.717, 1.165) is 40.4 Å². The van der Waals surface area contributed by atoms with Crippen LogP contribution in [0.2, 0.25) is 0 Å². The molecule has 3 aromatic carbocycles. The fourth-order valence-electron chi connectivity index (χ4n) is 2.87. The van der Waals surface area contributed by atoms with Gasteiger partial charge in [0.05, 0.1) is 5.69 Å². The molecule has 4 nitrogen and oxygen atoms in total. The lowest BCUT2D eigenvalue weighted by Gasteiger charge is -2.09. The molecule has 134 valence electrons. The molecule has 0 aliphatic rings. The zero-order valence-electron chi connectivity index (χ0n) is 14.1. The highest BCUT2D eigenvalue weighted by molar-refractivity contribution is 6.00. The van der Waals surface area contributed by atoms with Gasteiger partial charge < -0.3 is 15.6 Å². The minimum absolute atomic E-state index is 0.223. The molecule has 0 radical (unpaired) electrons. The van der Waals surface area contributed by atoms with Gasteiger partial charge in [-0.15, -0.1) is 0 Å². The number of H-pyrrole nitrogens is 1. The summed E-state index contributed by atoms with van der Waals surface area (Å²) in [6.07, 6.45) is 0. The monoisotopic (exact) mass is 363 g/mol. The second-order valence-corrected chi connectivity index (χ2v) is 6.05. The number of para-hydroxylation sites is 1. The van der Waals surface area contributed by atoms with Crippen molar-refractivity contribution in [3.8, 4) is 11.3 Å². The molecule has 2 amide bonds. The van der Waals surface area contributed by atoms with Crippen molar-refractivity contribution in [1.82, 2.24) is 4.98 Å². The number of hydrogen-bond acceptors (Lipinski definition) is 1. The first-order valence-corrected chi connectivity index (χ1v) is 8.30. The number of benzene rings is 3. The van der Waals surface area contributed by atoms with Crippen LogP contribution in [0.3, 0.4) is 0 Å². The van der Waals surface area contributed by atoms with Gasteiger partial charge in [-0.1, -0.05) is 30.3 Å². The van der Waals surface area contributed by atoms with Crippen LogP contribution >= 0.6 is 0 Å². The molecule has 0 saturated heterocycles. The Morgan fingerprint density at radius 3 is 2.56 bits per heavy atom. The molecular formula is C21H15F2N3O. The molecule has 27 heavy (non-hydrogen) atoms. The summed E-state index contributed by atoms with van der Waals surface area (Å²) in [7, 11) is 0. The molecule has 0 aliphatic heterocycles. The van der Waals surface area contributed by atoms with Crippen molar-refractivity contribution in [3.63, 3.8) is 0 Å². The van der Waals surface area contributed by atoms with Crippen LogP contribution in [-0.4, -0.2) is 11.0 Å². The van der Waals surface area contributed by atoms with Gasteiger partial charge in [0.25, 0.3) is 0 Å². The Bertz CT molecular complexity index is 1100. The van der Waals surface area contributed by atoms with Crippen molar-refractivity contribution in [3.05, 3.63) is 84.4 Å². The first-order chi connectivity index (χ1) is 13.1. The molecule has 0 unspecified atom stereocenters. The molecule has 0 aliphatic carbocycles. The second kappa shape index (κ2) is 6.92. The van der Waals surface area contributed by atoms with Crippen LogP contribution in [0.1, 0.15) is 0 Å². The molecule has 1 heterocycles. The number of nitrogens with one attached hydrogen (secondary N) is 3. The minimum atomic E-state index is -0.710. The van der Waals surface area contributed by atoms with Crippen molar-refractivity contribution in [2.45, 2.75) is 0 Å². The molecule has 4 aromatic rings. The fraction of sp³-hybridized carbons (Fsp3) is 0. The first kappa shape index (κ1) is 16.8. The van der Waals surface area contributed by atoms with Gasteiger partial charge in [-0.2, -0.15) is 0 Å². The molecule has 0 spiro atoms. The first-order valence-electron chi connectivity index (χ1n) is 8.30. The van der Waals surface area contributed by atoms with E-state index in [-0.39, 0.29) is 5.69 Å². The van der Waals surface area contributed by atoms with Crippen molar-refractivity contribution in [2.75, 3.05) is 10.6 Å². The maximum absolute atomic E-state index is 13.6. The van der Waals surface area contributed by atoms with Crippen LogP contribution in [0.15, 0.2) is 72.8 Å². The standard InChI is InChI=1S/C21H15F2N3O/c22-15-8-9-17(23)20(12-15)26-21(27)24-16-6-3-5-13(10-16)19-11-14-4-1-2-7-18(14)25-19/h1-12,25H,(H2,24,26,27). The van der Waals surface area contributed by atoms with E-state index in [0.29, 0.717) is 5.69 Å². The van der Waals surface area contributed by atoms with Gasteiger partial charge in [0.1, 0.15) is 11.6 Å². The van der Waals surface area contributed by atoms with Crippen molar-refractivity contribution < 1.29 is 13.6 Å². The van der Waals surface area contributed by atoms with Crippen LogP contribution < -0.4 is 10.6 Å². The van der Waals surface area contributed by atoms with E-state index in [9.17, 15) is 13.6 Å². The Labute approximate surface area is 153 Å². The smallest absolute Gasteiger partial charge is 0.323 e. The zero-order chi connectivity index (χ0) is 18.8. The summed E-state index contributed by atoms with van der Waals surface area (Å²) in [4.78, 5) is 15.4. The van der Waals surface area contributed by atoms with Gasteiger partial charge >= 0.3 is 6.03 Å². The Kier molecular flexibility index (Phi) is 4.30. The number of urea groups is 1. The molecule has 0 saturated carbocycles. The molecule has 1 aromatic heterocycles. The van der Waals surface area contributed by atoms with Crippen LogP contribution in [-0.2, 0) is 0 Å². The maximum Gasteiger partial charge on any atom is 0.323 e. The number of carbonyl (C=O) groups excluding carboxylic acids is 1. The van der Waals surface area contributed by atoms with Crippen molar-refractivity contribution >= 4 is 28.3 Å². The summed E-state index contributed by atoms with van der Waals surface area (Å²) < 4.78 is 26.9. The molecule has 0 atom stereocenters. The predicted octanol–water partition coefficient (Wildman–Crippen LogP) is 5.76. The number of fused-ring (bicyclic) bond motifs is 1. The Morgan fingerprint density at radius 2 is 1.70 bits per heavy atom. The SMILES string of the molecule is O=C(Nc1cccc(-c2cc3ccccc3[nH]2)c1)Nc1cc(F)ccc1F. The fourth-order valence-corrected chi connectivity index (χ4v) is 2.87. The third-order valence-corrected chi connectivity index (χ3v) is 4.14. The molecule has 0 bridgehead atoms. The molecule has 6 heteroatoms. The number of halogens is 2. The lowest BCUT2D eigenvalue weighted by molar-refractivity contribution is 0.262. The van der Waals surface area contributed by atoms with Crippen LogP contribution in [0, 0.1) is 11.6 Å². The van der Waals surface area contributed by atoms with Crippen LogP contribution in [0.5, 0.6) is 0 Å². The van der Waals surface area contributed by atoms with E-state index in [1.54, 1.807) is 18.2 Å². The summed E-state index contributed by atoms with van der Waals surface area (Å²) in [5, 5.41) is 6.02. The van der Waals surface area contributed by atoms with Crippen molar-refractivity contribution in [1.29, 1.82) is 0 Å². The average molecular weight is 363 g/mol. The van der Waals surface area contributed by atoms with E-state index in [2.05, 4.69) is 15.6 Å². The van der Waals surface area contributed by atoms with E-state index in [1.807, 2.05) is 36.4 Å². The number of carbonyl (C=O) groups is 1. The summed E-state index contributed by atoms with van der Waals surface area (Å²) >= 11 is 0. The lowest BCUT2D eigenvalue weighted by Crippen LogP contribution is -2.20. The lowest BCUT2D eigenvalue weighted by atomic mass is 10.1. The molecule has 4 rings (SSSR count). The molecule has 3 N–H and O–H groups in total. The largest absolute Gasteiger partial charge is 0.355 e. The zero-order valence-corrected chi connectivity index (χ0v) is 14.1. The van der Waals surface area contributed by atoms with Gasteiger partial charge in [0, 0.05) is 33.9 Å². The predicted molar refractivity (Wildman–Crippen MR) is 103 cm³/mol. The van der Waals surface area contributed by atoms with Crippen LogP contribution in [0.25, 0.3) is 22.2 Å². The normalized spacial score (nSPS) is 10.7. The summed E-state index contributed by atoms with van der Waals surface area (Å²) in [6, 6.07) is 19.4. The van der Waals surface area contributed by atoms with Gasteiger partial charge in [-0.25, -0.2) is 13.6 Å². The Balaban J connectivity index is 1.54. The Hall–Kier alpha value is -3.67. The highest BCUT2D eigenvalue weighted by Gasteiger charge is 2.09. The van der Waals surface area contributed by atoms with Gasteiger partial charge in [-0.3, -0.25) is 0 Å². The topological polar surface area (TPSA) is 56.9 Å². The average Bonchev–Trinajstić information content (AvgIpc) is 3.09. The number of rotatable bonds is 3. The third kappa shape index (κ3) is 3.64. The van der Waals surface area contributed by atoms with Gasteiger partial charge in [0.2, 0.25) is 0 Å². The second-order valence-electron chi connectivity index (χ2n) is 6.05. The molecular weight excluding hydrogens is 348 g/mol. The van der Waals surface area contributed by atoms with E-state index in [4.69, 9.17) is 0 Å². The third-order valence-electron chi connectivity index (χ3n) is 4.14. The quantitative estimate of drug-likeness (QED) is 0.426. The maximum atomic E-state index is 13.6. The Morgan fingerprint density at radius 1 is 0.852 bits per heavy atom. The highest BCUT2D eigenvalue weighted by Crippen LogP contribution is 2.26. The number of aromatic amines is 1. The summed E-state index contributed by atoms with van der Waals surface area (Å²) in [5.41, 5.74) is 3.13. The summed E-state index contributed by atoms with van der Waals surface area (Å²) in [6.45, 7) is 0. The number of anilines is 2.